The lowest BCUT2D eigenvalue weighted by Gasteiger charge is -2.36. The molecule has 0 radical (unpaired) electrons. The van der Waals surface area contributed by atoms with Crippen LogP contribution in [0.1, 0.15) is 10.4 Å². The third-order valence-corrected chi connectivity index (χ3v) is 5.78. The number of hydrogen-bond acceptors (Lipinski definition) is 4. The van der Waals surface area contributed by atoms with E-state index in [1.54, 1.807) is 11.3 Å². The van der Waals surface area contributed by atoms with Crippen molar-refractivity contribution in [1.82, 2.24) is 4.90 Å². The van der Waals surface area contributed by atoms with Crippen LogP contribution in [0, 0.1) is 0 Å². The van der Waals surface area contributed by atoms with Crippen molar-refractivity contribution < 1.29 is 0 Å². The quantitative estimate of drug-likeness (QED) is 0.686. The first-order valence-corrected chi connectivity index (χ1v) is 10.1. The van der Waals surface area contributed by atoms with Gasteiger partial charge in [-0.25, -0.2) is 0 Å². The van der Waals surface area contributed by atoms with Crippen molar-refractivity contribution in [1.29, 1.82) is 0 Å². The highest BCUT2D eigenvalue weighted by atomic mass is 32.1. The van der Waals surface area contributed by atoms with Crippen molar-refractivity contribution in [3.8, 4) is 0 Å². The second kappa shape index (κ2) is 8.39. The van der Waals surface area contributed by atoms with Gasteiger partial charge in [0, 0.05) is 55.5 Å². The fraction of sp³-hybridized carbons (Fsp3) is 0.273. The standard InChI is InChI=1S/C22H25N3S/c1-2-5-19(6-3-1)18-24-12-14-25(15-13-24)21-10-8-20(9-11-21)23-17-22-7-4-16-26-22/h1-11,16,23H,12-15,17-18H2. The first-order chi connectivity index (χ1) is 12.9. The zero-order chi connectivity index (χ0) is 17.6. The van der Waals surface area contributed by atoms with Crippen molar-refractivity contribution in [2.24, 2.45) is 0 Å². The zero-order valence-corrected chi connectivity index (χ0v) is 15.8. The highest BCUT2D eigenvalue weighted by molar-refractivity contribution is 7.09. The number of benzene rings is 2. The Balaban J connectivity index is 1.27. The van der Waals surface area contributed by atoms with Crippen LogP contribution in [0.5, 0.6) is 0 Å². The Morgan fingerprint density at radius 2 is 1.58 bits per heavy atom. The zero-order valence-electron chi connectivity index (χ0n) is 15.0. The topological polar surface area (TPSA) is 18.5 Å². The Morgan fingerprint density at radius 3 is 2.27 bits per heavy atom. The molecule has 2 heterocycles. The van der Waals surface area contributed by atoms with Crippen molar-refractivity contribution in [2.75, 3.05) is 36.4 Å². The van der Waals surface area contributed by atoms with E-state index in [9.17, 15) is 0 Å². The van der Waals surface area contributed by atoms with Gasteiger partial charge in [-0.15, -0.1) is 11.3 Å². The molecule has 3 aromatic rings. The van der Waals surface area contributed by atoms with Crippen molar-refractivity contribution in [3.63, 3.8) is 0 Å². The first-order valence-electron chi connectivity index (χ1n) is 9.24. The predicted molar refractivity (Wildman–Crippen MR) is 112 cm³/mol. The fourth-order valence-corrected chi connectivity index (χ4v) is 4.04. The van der Waals surface area contributed by atoms with Crippen molar-refractivity contribution in [3.05, 3.63) is 82.6 Å². The smallest absolute Gasteiger partial charge is 0.0494 e. The Hall–Kier alpha value is -2.30. The van der Waals surface area contributed by atoms with E-state index in [2.05, 4.69) is 87.2 Å². The van der Waals surface area contributed by atoms with Gasteiger partial charge in [0.2, 0.25) is 0 Å². The molecule has 0 saturated carbocycles. The molecule has 134 valence electrons. The minimum absolute atomic E-state index is 0.898. The number of rotatable bonds is 6. The Bertz CT molecular complexity index is 776. The second-order valence-corrected chi connectivity index (χ2v) is 7.76. The molecule has 2 aromatic carbocycles. The van der Waals surface area contributed by atoms with Gasteiger partial charge in [0.1, 0.15) is 0 Å². The lowest BCUT2D eigenvalue weighted by Crippen LogP contribution is -2.45. The Morgan fingerprint density at radius 1 is 0.808 bits per heavy atom. The third-order valence-electron chi connectivity index (χ3n) is 4.90. The highest BCUT2D eigenvalue weighted by Crippen LogP contribution is 2.21. The SMILES string of the molecule is c1ccc(CN2CCN(c3ccc(NCc4cccs4)cc3)CC2)cc1. The van der Waals surface area contributed by atoms with Gasteiger partial charge in [-0.1, -0.05) is 36.4 Å². The first kappa shape index (κ1) is 17.1. The van der Waals surface area contributed by atoms with Gasteiger partial charge < -0.3 is 10.2 Å². The molecule has 4 heteroatoms. The lowest BCUT2D eigenvalue weighted by molar-refractivity contribution is 0.250. The maximum Gasteiger partial charge on any atom is 0.0494 e. The summed E-state index contributed by atoms with van der Waals surface area (Å²) in [4.78, 5) is 6.40. The normalized spacial score (nSPS) is 15.2. The van der Waals surface area contributed by atoms with Gasteiger partial charge in [0.15, 0.2) is 0 Å². The van der Waals surface area contributed by atoms with Gasteiger partial charge in [-0.2, -0.15) is 0 Å². The van der Waals surface area contributed by atoms with E-state index in [0.29, 0.717) is 0 Å². The largest absolute Gasteiger partial charge is 0.380 e. The number of nitrogens with one attached hydrogen (secondary N) is 1. The summed E-state index contributed by atoms with van der Waals surface area (Å²) in [6, 6.07) is 23.9. The van der Waals surface area contributed by atoms with Gasteiger partial charge in [0.05, 0.1) is 0 Å². The van der Waals surface area contributed by atoms with E-state index in [1.165, 1.54) is 21.8 Å². The minimum atomic E-state index is 0.898. The van der Waals surface area contributed by atoms with E-state index in [-0.39, 0.29) is 0 Å². The maximum atomic E-state index is 3.50. The molecule has 1 aliphatic heterocycles. The fourth-order valence-electron chi connectivity index (χ4n) is 3.40. The van der Waals surface area contributed by atoms with Crippen LogP contribution in [0.2, 0.25) is 0 Å². The molecule has 0 amide bonds. The van der Waals surface area contributed by atoms with E-state index in [0.717, 1.165) is 39.3 Å². The maximum absolute atomic E-state index is 3.50. The summed E-state index contributed by atoms with van der Waals surface area (Å²) in [5.74, 6) is 0. The molecule has 26 heavy (non-hydrogen) atoms. The summed E-state index contributed by atoms with van der Waals surface area (Å²) >= 11 is 1.79. The molecule has 1 N–H and O–H groups in total. The average molecular weight is 364 g/mol. The minimum Gasteiger partial charge on any atom is -0.380 e. The molecule has 0 unspecified atom stereocenters. The molecule has 1 aromatic heterocycles. The number of piperazine rings is 1. The molecule has 1 aliphatic rings. The van der Waals surface area contributed by atoms with E-state index in [4.69, 9.17) is 0 Å². The van der Waals surface area contributed by atoms with Crippen molar-refractivity contribution in [2.45, 2.75) is 13.1 Å². The van der Waals surface area contributed by atoms with Crippen LogP contribution in [0.25, 0.3) is 0 Å². The van der Waals surface area contributed by atoms with Crippen LogP contribution in [-0.4, -0.2) is 31.1 Å². The lowest BCUT2D eigenvalue weighted by atomic mass is 10.2. The van der Waals surface area contributed by atoms with E-state index < -0.39 is 0 Å². The molecule has 0 aliphatic carbocycles. The molecular formula is C22H25N3S. The number of nitrogens with zero attached hydrogens (tertiary/aromatic N) is 2. The molecule has 0 spiro atoms. The summed E-state index contributed by atoms with van der Waals surface area (Å²) in [6.45, 7) is 6.37. The van der Waals surface area contributed by atoms with Gasteiger partial charge in [-0.05, 0) is 41.3 Å². The molecular weight excluding hydrogens is 338 g/mol. The van der Waals surface area contributed by atoms with E-state index in [1.807, 2.05) is 0 Å². The predicted octanol–water partition coefficient (Wildman–Crippen LogP) is 4.68. The van der Waals surface area contributed by atoms with Gasteiger partial charge in [0.25, 0.3) is 0 Å². The molecule has 1 fully saturated rings. The molecule has 0 atom stereocenters. The van der Waals surface area contributed by atoms with Crippen LogP contribution >= 0.6 is 11.3 Å². The summed E-state index contributed by atoms with van der Waals surface area (Å²) in [6.07, 6.45) is 0. The van der Waals surface area contributed by atoms with Crippen LogP contribution in [-0.2, 0) is 13.1 Å². The monoisotopic (exact) mass is 363 g/mol. The highest BCUT2D eigenvalue weighted by Gasteiger charge is 2.17. The summed E-state index contributed by atoms with van der Waals surface area (Å²) in [7, 11) is 0. The van der Waals surface area contributed by atoms with Crippen LogP contribution in [0.15, 0.2) is 72.1 Å². The van der Waals surface area contributed by atoms with Crippen LogP contribution in [0.4, 0.5) is 11.4 Å². The molecule has 0 bridgehead atoms. The molecule has 1 saturated heterocycles. The van der Waals surface area contributed by atoms with E-state index >= 15 is 0 Å². The van der Waals surface area contributed by atoms with Gasteiger partial charge in [-0.3, -0.25) is 4.90 Å². The summed E-state index contributed by atoms with van der Waals surface area (Å²) in [5.41, 5.74) is 3.91. The number of anilines is 2. The number of hydrogen-bond donors (Lipinski definition) is 1. The van der Waals surface area contributed by atoms with Gasteiger partial charge >= 0.3 is 0 Å². The van der Waals surface area contributed by atoms with Crippen LogP contribution in [0.3, 0.4) is 0 Å². The Kier molecular flexibility index (Phi) is 5.53. The summed E-state index contributed by atoms with van der Waals surface area (Å²) in [5, 5.41) is 5.62. The number of thiophene rings is 1. The van der Waals surface area contributed by atoms with Crippen molar-refractivity contribution >= 4 is 22.7 Å². The molecule has 3 nitrogen and oxygen atoms in total. The Labute approximate surface area is 159 Å². The summed E-state index contributed by atoms with van der Waals surface area (Å²) < 4.78 is 0. The third kappa shape index (κ3) is 4.45. The second-order valence-electron chi connectivity index (χ2n) is 6.73. The average Bonchev–Trinajstić information content (AvgIpc) is 3.22. The molecule has 4 rings (SSSR count). The van der Waals surface area contributed by atoms with Crippen LogP contribution < -0.4 is 10.2 Å².